The molecule has 1 aromatic carbocycles. The maximum Gasteiger partial charge on any atom is 0.119 e. The molecule has 0 heterocycles. The smallest absolute Gasteiger partial charge is 0.119 e. The number of benzene rings is 1. The lowest BCUT2D eigenvalue weighted by Gasteiger charge is -2.16. The van der Waals surface area contributed by atoms with E-state index < -0.39 is 0 Å². The normalized spacial score (nSPS) is 14.5. The summed E-state index contributed by atoms with van der Waals surface area (Å²) in [5.74, 6) is 0.894. The van der Waals surface area contributed by atoms with E-state index in [4.69, 9.17) is 4.74 Å². The number of ether oxygens (including phenoxy) is 1. The molecule has 0 aliphatic carbocycles. The monoisotopic (exact) mass is 223 g/mol. The molecule has 0 saturated carbocycles. The first-order valence-electron chi connectivity index (χ1n) is 5.77. The molecule has 2 N–H and O–H groups in total. The fourth-order valence-electron chi connectivity index (χ4n) is 1.51. The minimum absolute atomic E-state index is 0.218. The van der Waals surface area contributed by atoms with Gasteiger partial charge < -0.3 is 15.2 Å². The van der Waals surface area contributed by atoms with Gasteiger partial charge in [0, 0.05) is 12.6 Å². The van der Waals surface area contributed by atoms with Crippen LogP contribution in [-0.2, 0) is 0 Å². The highest BCUT2D eigenvalue weighted by Gasteiger charge is 2.06. The van der Waals surface area contributed by atoms with E-state index >= 15 is 0 Å². The summed E-state index contributed by atoms with van der Waals surface area (Å²) in [6.45, 7) is 7.10. The largest absolute Gasteiger partial charge is 0.494 e. The van der Waals surface area contributed by atoms with Crippen molar-refractivity contribution in [2.45, 2.75) is 32.9 Å². The van der Waals surface area contributed by atoms with E-state index in [2.05, 4.69) is 18.3 Å². The molecule has 0 saturated heterocycles. The Morgan fingerprint density at radius 1 is 1.38 bits per heavy atom. The quantitative estimate of drug-likeness (QED) is 0.776. The van der Waals surface area contributed by atoms with Crippen LogP contribution >= 0.6 is 0 Å². The molecule has 1 rings (SSSR count). The van der Waals surface area contributed by atoms with Crippen LogP contribution in [-0.4, -0.2) is 24.4 Å². The Morgan fingerprint density at radius 3 is 2.75 bits per heavy atom. The van der Waals surface area contributed by atoms with E-state index in [0.717, 1.165) is 5.75 Å². The van der Waals surface area contributed by atoms with Crippen LogP contribution in [0.4, 0.5) is 0 Å². The molecule has 2 atom stereocenters. The van der Waals surface area contributed by atoms with Crippen LogP contribution in [0.1, 0.15) is 32.4 Å². The Labute approximate surface area is 97.4 Å². The average Bonchev–Trinajstić information content (AvgIpc) is 2.26. The zero-order chi connectivity index (χ0) is 12.0. The van der Waals surface area contributed by atoms with E-state index in [0.29, 0.717) is 13.2 Å². The van der Waals surface area contributed by atoms with E-state index in [9.17, 15) is 5.11 Å². The average molecular weight is 223 g/mol. The van der Waals surface area contributed by atoms with Crippen LogP contribution in [0.5, 0.6) is 5.75 Å². The van der Waals surface area contributed by atoms with Crippen molar-refractivity contribution in [3.8, 4) is 5.75 Å². The van der Waals surface area contributed by atoms with Crippen LogP contribution in [0, 0.1) is 0 Å². The highest BCUT2D eigenvalue weighted by atomic mass is 16.5. The first-order valence-corrected chi connectivity index (χ1v) is 5.77. The number of aliphatic hydroxyl groups is 1. The van der Waals surface area contributed by atoms with Gasteiger partial charge in [-0.1, -0.05) is 12.1 Å². The maximum absolute atomic E-state index is 9.20. The third-order valence-corrected chi connectivity index (χ3v) is 2.39. The van der Waals surface area contributed by atoms with Gasteiger partial charge in [-0.2, -0.15) is 0 Å². The van der Waals surface area contributed by atoms with Gasteiger partial charge in [0.2, 0.25) is 0 Å². The molecule has 0 spiro atoms. The third kappa shape index (κ3) is 4.21. The first kappa shape index (κ1) is 13.0. The van der Waals surface area contributed by atoms with Gasteiger partial charge in [0.1, 0.15) is 5.75 Å². The van der Waals surface area contributed by atoms with Crippen LogP contribution in [0.3, 0.4) is 0 Å². The van der Waals surface area contributed by atoms with Crippen molar-refractivity contribution >= 4 is 0 Å². The van der Waals surface area contributed by atoms with Crippen LogP contribution < -0.4 is 10.1 Å². The van der Waals surface area contributed by atoms with Gasteiger partial charge in [0.05, 0.1) is 12.7 Å². The summed E-state index contributed by atoms with van der Waals surface area (Å²) in [4.78, 5) is 0. The van der Waals surface area contributed by atoms with Crippen LogP contribution in [0.25, 0.3) is 0 Å². The van der Waals surface area contributed by atoms with Gasteiger partial charge in [-0.25, -0.2) is 0 Å². The molecular formula is C13H21NO2. The van der Waals surface area contributed by atoms with Crippen molar-refractivity contribution in [1.29, 1.82) is 0 Å². The molecular weight excluding hydrogens is 202 g/mol. The molecule has 16 heavy (non-hydrogen) atoms. The fourth-order valence-corrected chi connectivity index (χ4v) is 1.51. The number of nitrogens with one attached hydrogen (secondary N) is 1. The number of rotatable bonds is 6. The Morgan fingerprint density at radius 2 is 2.12 bits per heavy atom. The number of hydrogen-bond acceptors (Lipinski definition) is 3. The van der Waals surface area contributed by atoms with E-state index in [1.165, 1.54) is 5.56 Å². The van der Waals surface area contributed by atoms with Gasteiger partial charge in [0.15, 0.2) is 0 Å². The summed E-state index contributed by atoms with van der Waals surface area (Å²) in [6.07, 6.45) is -0.322. The summed E-state index contributed by atoms with van der Waals surface area (Å²) in [5.41, 5.74) is 1.17. The molecule has 0 fully saturated rings. The van der Waals surface area contributed by atoms with Crippen molar-refractivity contribution in [1.82, 2.24) is 5.32 Å². The Balaban J connectivity index is 2.60. The maximum atomic E-state index is 9.20. The molecule has 0 aliphatic rings. The Kier molecular flexibility index (Phi) is 5.29. The minimum atomic E-state index is -0.322. The molecule has 0 aliphatic heterocycles. The zero-order valence-electron chi connectivity index (χ0n) is 10.2. The molecule has 0 radical (unpaired) electrons. The lowest BCUT2D eigenvalue weighted by Crippen LogP contribution is -2.27. The van der Waals surface area contributed by atoms with E-state index in [1.807, 2.05) is 25.1 Å². The second kappa shape index (κ2) is 6.51. The SMILES string of the molecule is CCOc1cccc(C(C)NC[C@H](C)O)c1. The highest BCUT2D eigenvalue weighted by molar-refractivity contribution is 5.30. The second-order valence-electron chi connectivity index (χ2n) is 3.98. The third-order valence-electron chi connectivity index (χ3n) is 2.39. The Hall–Kier alpha value is -1.06. The van der Waals surface area contributed by atoms with Crippen molar-refractivity contribution in [2.75, 3.05) is 13.2 Å². The summed E-state index contributed by atoms with van der Waals surface area (Å²) in [5, 5.41) is 12.5. The molecule has 0 amide bonds. The number of hydrogen-bond donors (Lipinski definition) is 2. The van der Waals surface area contributed by atoms with Crippen molar-refractivity contribution in [3.05, 3.63) is 29.8 Å². The topological polar surface area (TPSA) is 41.5 Å². The fraction of sp³-hybridized carbons (Fsp3) is 0.538. The molecule has 0 aromatic heterocycles. The summed E-state index contributed by atoms with van der Waals surface area (Å²) in [7, 11) is 0. The van der Waals surface area contributed by atoms with Gasteiger partial charge >= 0.3 is 0 Å². The van der Waals surface area contributed by atoms with Gasteiger partial charge in [0.25, 0.3) is 0 Å². The zero-order valence-corrected chi connectivity index (χ0v) is 10.2. The second-order valence-corrected chi connectivity index (χ2v) is 3.98. The predicted octanol–water partition coefficient (Wildman–Crippen LogP) is 2.12. The summed E-state index contributed by atoms with van der Waals surface area (Å²) >= 11 is 0. The van der Waals surface area contributed by atoms with Gasteiger partial charge in [-0.3, -0.25) is 0 Å². The van der Waals surface area contributed by atoms with Gasteiger partial charge in [-0.15, -0.1) is 0 Å². The molecule has 1 unspecified atom stereocenters. The highest BCUT2D eigenvalue weighted by Crippen LogP contribution is 2.18. The molecule has 3 heteroatoms. The molecule has 0 bridgehead atoms. The van der Waals surface area contributed by atoms with Crippen molar-refractivity contribution < 1.29 is 9.84 Å². The van der Waals surface area contributed by atoms with Crippen LogP contribution in [0.2, 0.25) is 0 Å². The summed E-state index contributed by atoms with van der Waals surface area (Å²) in [6, 6.07) is 8.25. The minimum Gasteiger partial charge on any atom is -0.494 e. The standard InChI is InChI=1S/C13H21NO2/c1-4-16-13-7-5-6-12(8-13)11(3)14-9-10(2)15/h5-8,10-11,14-15H,4,9H2,1-3H3/t10-,11?/m0/s1. The van der Waals surface area contributed by atoms with Crippen LogP contribution in [0.15, 0.2) is 24.3 Å². The number of aliphatic hydroxyl groups excluding tert-OH is 1. The molecule has 3 nitrogen and oxygen atoms in total. The van der Waals surface area contributed by atoms with Crippen molar-refractivity contribution in [3.63, 3.8) is 0 Å². The summed E-state index contributed by atoms with van der Waals surface area (Å²) < 4.78 is 5.45. The van der Waals surface area contributed by atoms with Gasteiger partial charge in [-0.05, 0) is 38.5 Å². The van der Waals surface area contributed by atoms with Crippen molar-refractivity contribution in [2.24, 2.45) is 0 Å². The first-order chi connectivity index (χ1) is 7.63. The lowest BCUT2D eigenvalue weighted by molar-refractivity contribution is 0.187. The lowest BCUT2D eigenvalue weighted by atomic mass is 10.1. The predicted molar refractivity (Wildman–Crippen MR) is 65.7 cm³/mol. The molecule has 90 valence electrons. The Bertz CT molecular complexity index is 313. The van der Waals surface area contributed by atoms with E-state index in [-0.39, 0.29) is 12.1 Å². The molecule has 1 aromatic rings. The van der Waals surface area contributed by atoms with E-state index in [1.54, 1.807) is 6.92 Å².